The Hall–Kier alpha value is -0.120. The van der Waals surface area contributed by atoms with Crippen molar-refractivity contribution in [2.45, 2.75) is 31.3 Å². The summed E-state index contributed by atoms with van der Waals surface area (Å²) in [5.74, 6) is 0. The molecule has 11 heavy (non-hydrogen) atoms. The molecular formula is C8H21N3. The zero-order valence-electron chi connectivity index (χ0n) is 7.93. The molecule has 0 aromatic carbocycles. The van der Waals surface area contributed by atoms with E-state index in [1.807, 2.05) is 26.0 Å². The molecule has 0 heterocycles. The number of hydrogen-bond donors (Lipinski definition) is 2. The molecule has 0 unspecified atom stereocenters. The van der Waals surface area contributed by atoms with Gasteiger partial charge in [0.15, 0.2) is 0 Å². The smallest absolute Gasteiger partial charge is 0.0636 e. The molecule has 4 N–H and O–H groups in total. The Labute approximate surface area is 69.7 Å². The molecular weight excluding hydrogens is 138 g/mol. The topological polar surface area (TPSA) is 55.3 Å². The second kappa shape index (κ2) is 4.70. The van der Waals surface area contributed by atoms with Gasteiger partial charge in [0, 0.05) is 0 Å². The Morgan fingerprint density at radius 3 is 1.36 bits per heavy atom. The molecule has 3 nitrogen and oxygen atoms in total. The van der Waals surface area contributed by atoms with Gasteiger partial charge in [0.05, 0.1) is 5.66 Å². The van der Waals surface area contributed by atoms with Gasteiger partial charge >= 0.3 is 0 Å². The fourth-order valence-corrected chi connectivity index (χ4v) is 1.03. The second-order valence-electron chi connectivity index (χ2n) is 3.78. The lowest BCUT2D eigenvalue weighted by Gasteiger charge is -2.14. The summed E-state index contributed by atoms with van der Waals surface area (Å²) in [6.45, 7) is 0. The van der Waals surface area contributed by atoms with Crippen LogP contribution in [0.25, 0.3) is 0 Å². The van der Waals surface area contributed by atoms with Crippen LogP contribution >= 0.6 is 0 Å². The maximum Gasteiger partial charge on any atom is 0.0636 e. The highest BCUT2D eigenvalue weighted by molar-refractivity contribution is 4.81. The van der Waals surface area contributed by atoms with Gasteiger partial charge in [-0.2, -0.15) is 0 Å². The zero-order valence-corrected chi connectivity index (χ0v) is 7.93. The van der Waals surface area contributed by atoms with Crippen molar-refractivity contribution in [3.05, 3.63) is 0 Å². The van der Waals surface area contributed by atoms with Crippen LogP contribution in [0.1, 0.15) is 25.7 Å². The second-order valence-corrected chi connectivity index (χ2v) is 3.78. The quantitative estimate of drug-likeness (QED) is 0.501. The van der Waals surface area contributed by atoms with Gasteiger partial charge in [-0.25, -0.2) is 0 Å². The SMILES string of the molecule is CN(C)C.NC1(N)CCCC1. The van der Waals surface area contributed by atoms with Crippen molar-refractivity contribution in [2.75, 3.05) is 21.1 Å². The van der Waals surface area contributed by atoms with Crippen molar-refractivity contribution >= 4 is 0 Å². The van der Waals surface area contributed by atoms with E-state index in [9.17, 15) is 0 Å². The van der Waals surface area contributed by atoms with Crippen molar-refractivity contribution in [2.24, 2.45) is 11.5 Å². The Morgan fingerprint density at radius 2 is 1.27 bits per heavy atom. The maximum atomic E-state index is 5.56. The van der Waals surface area contributed by atoms with Gasteiger partial charge < -0.3 is 16.4 Å². The van der Waals surface area contributed by atoms with Gasteiger partial charge in [0.2, 0.25) is 0 Å². The number of nitrogens with two attached hydrogens (primary N) is 2. The van der Waals surface area contributed by atoms with Gasteiger partial charge in [-0.05, 0) is 34.0 Å². The van der Waals surface area contributed by atoms with E-state index < -0.39 is 0 Å². The van der Waals surface area contributed by atoms with Crippen LogP contribution in [-0.2, 0) is 0 Å². The van der Waals surface area contributed by atoms with Crippen molar-refractivity contribution in [3.8, 4) is 0 Å². The minimum atomic E-state index is -0.306. The Kier molecular flexibility index (Phi) is 4.65. The van der Waals surface area contributed by atoms with Crippen LogP contribution in [0.3, 0.4) is 0 Å². The van der Waals surface area contributed by atoms with Crippen LogP contribution in [0.5, 0.6) is 0 Å². The number of rotatable bonds is 0. The van der Waals surface area contributed by atoms with Gasteiger partial charge in [-0.15, -0.1) is 0 Å². The summed E-state index contributed by atoms with van der Waals surface area (Å²) in [6, 6.07) is 0. The molecule has 68 valence electrons. The Balaban J connectivity index is 0.000000218. The van der Waals surface area contributed by atoms with E-state index in [-0.39, 0.29) is 5.66 Å². The lowest BCUT2D eigenvalue weighted by Crippen LogP contribution is -2.46. The van der Waals surface area contributed by atoms with Crippen molar-refractivity contribution in [3.63, 3.8) is 0 Å². The number of hydrogen-bond acceptors (Lipinski definition) is 3. The van der Waals surface area contributed by atoms with E-state index in [1.165, 1.54) is 12.8 Å². The van der Waals surface area contributed by atoms with E-state index >= 15 is 0 Å². The summed E-state index contributed by atoms with van der Waals surface area (Å²) in [7, 11) is 6.00. The molecule has 3 heteroatoms. The number of nitrogens with zero attached hydrogens (tertiary/aromatic N) is 1. The van der Waals surface area contributed by atoms with Crippen LogP contribution in [-0.4, -0.2) is 31.7 Å². The predicted molar refractivity (Wildman–Crippen MR) is 49.2 cm³/mol. The van der Waals surface area contributed by atoms with E-state index in [0.29, 0.717) is 0 Å². The first-order valence-electron chi connectivity index (χ1n) is 4.13. The minimum Gasteiger partial charge on any atom is -0.313 e. The van der Waals surface area contributed by atoms with E-state index in [2.05, 4.69) is 0 Å². The Morgan fingerprint density at radius 1 is 1.00 bits per heavy atom. The summed E-state index contributed by atoms with van der Waals surface area (Å²) in [6.07, 6.45) is 4.44. The minimum absolute atomic E-state index is 0.306. The maximum absolute atomic E-state index is 5.56. The molecule has 1 saturated carbocycles. The third-order valence-corrected chi connectivity index (χ3v) is 1.53. The standard InChI is InChI=1S/C5H12N2.C3H9N/c6-5(7)3-1-2-4-5;1-4(2)3/h1-4,6-7H2;1-3H3. The molecule has 1 aliphatic carbocycles. The van der Waals surface area contributed by atoms with Crippen LogP contribution in [0.15, 0.2) is 0 Å². The molecule has 1 rings (SSSR count). The van der Waals surface area contributed by atoms with Crippen LogP contribution in [0.4, 0.5) is 0 Å². The lowest BCUT2D eigenvalue weighted by molar-refractivity contribution is 0.459. The predicted octanol–water partition coefficient (Wildman–Crippen LogP) is 0.352. The monoisotopic (exact) mass is 159 g/mol. The summed E-state index contributed by atoms with van der Waals surface area (Å²) in [5.41, 5.74) is 10.8. The molecule has 0 spiro atoms. The molecule has 1 aliphatic rings. The molecule has 0 saturated heterocycles. The van der Waals surface area contributed by atoms with E-state index in [0.717, 1.165) is 12.8 Å². The van der Waals surface area contributed by atoms with Crippen molar-refractivity contribution < 1.29 is 0 Å². The lowest BCUT2D eigenvalue weighted by atomic mass is 10.2. The first-order chi connectivity index (χ1) is 4.94. The molecule has 0 aliphatic heterocycles. The summed E-state index contributed by atoms with van der Waals surface area (Å²) >= 11 is 0. The van der Waals surface area contributed by atoms with Crippen LogP contribution < -0.4 is 11.5 Å². The van der Waals surface area contributed by atoms with Gasteiger partial charge in [-0.1, -0.05) is 12.8 Å². The first-order valence-corrected chi connectivity index (χ1v) is 4.13. The summed E-state index contributed by atoms with van der Waals surface area (Å²) < 4.78 is 0. The normalized spacial score (nSPS) is 21.3. The van der Waals surface area contributed by atoms with E-state index in [1.54, 1.807) is 0 Å². The van der Waals surface area contributed by atoms with Gasteiger partial charge in [0.25, 0.3) is 0 Å². The van der Waals surface area contributed by atoms with Crippen LogP contribution in [0.2, 0.25) is 0 Å². The average Bonchev–Trinajstić information content (AvgIpc) is 2.11. The average molecular weight is 159 g/mol. The van der Waals surface area contributed by atoms with E-state index in [4.69, 9.17) is 11.5 Å². The molecule has 0 amide bonds. The highest BCUT2D eigenvalue weighted by atomic mass is 15.0. The fourth-order valence-electron chi connectivity index (χ4n) is 1.03. The zero-order chi connectivity index (χ0) is 8.91. The molecule has 0 aromatic rings. The highest BCUT2D eigenvalue weighted by Crippen LogP contribution is 2.21. The van der Waals surface area contributed by atoms with Gasteiger partial charge in [-0.3, -0.25) is 0 Å². The molecule has 0 radical (unpaired) electrons. The highest BCUT2D eigenvalue weighted by Gasteiger charge is 2.23. The van der Waals surface area contributed by atoms with Crippen molar-refractivity contribution in [1.29, 1.82) is 0 Å². The fraction of sp³-hybridized carbons (Fsp3) is 1.00. The molecule has 0 aromatic heterocycles. The molecule has 0 bridgehead atoms. The largest absolute Gasteiger partial charge is 0.313 e. The summed E-state index contributed by atoms with van der Waals surface area (Å²) in [5, 5.41) is 0. The summed E-state index contributed by atoms with van der Waals surface area (Å²) in [4.78, 5) is 2.00. The first kappa shape index (κ1) is 10.9. The van der Waals surface area contributed by atoms with Crippen LogP contribution in [0, 0.1) is 0 Å². The third-order valence-electron chi connectivity index (χ3n) is 1.53. The molecule has 1 fully saturated rings. The van der Waals surface area contributed by atoms with Crippen molar-refractivity contribution in [1.82, 2.24) is 4.90 Å². The Bertz CT molecular complexity index is 88.8. The van der Waals surface area contributed by atoms with Gasteiger partial charge in [0.1, 0.15) is 0 Å². The third kappa shape index (κ3) is 7.78. The molecule has 0 atom stereocenters.